The average Bonchev–Trinajstić information content (AvgIpc) is 2.80. The van der Waals surface area contributed by atoms with Crippen molar-refractivity contribution in [3.63, 3.8) is 0 Å². The minimum Gasteiger partial charge on any atom is -0.207 e. The quantitative estimate of drug-likeness (QED) is 0.489. The Morgan fingerprint density at radius 1 is 1.36 bits per heavy atom. The second-order valence-corrected chi connectivity index (χ2v) is 4.53. The van der Waals surface area contributed by atoms with Crippen molar-refractivity contribution >= 4 is 12.6 Å². The van der Waals surface area contributed by atoms with E-state index < -0.39 is 0 Å². The molecule has 14 heavy (non-hydrogen) atoms. The third-order valence-corrected chi connectivity index (χ3v) is 2.65. The van der Waals surface area contributed by atoms with E-state index in [9.17, 15) is 4.39 Å². The van der Waals surface area contributed by atoms with E-state index in [-0.39, 0.29) is 11.2 Å². The molecule has 1 aromatic carbocycles. The molecule has 0 radical (unpaired) electrons. The molecule has 0 aromatic heterocycles. The number of benzene rings is 1. The van der Waals surface area contributed by atoms with E-state index in [1.165, 1.54) is 12.1 Å². The van der Waals surface area contributed by atoms with E-state index in [1.54, 1.807) is 6.07 Å². The minimum atomic E-state index is -0.275. The van der Waals surface area contributed by atoms with Gasteiger partial charge >= 0.3 is 0 Å². The monoisotopic (exact) mass is 206 g/mol. The van der Waals surface area contributed by atoms with Crippen LogP contribution in [0.1, 0.15) is 25.3 Å². The Balaban J connectivity index is 2.27. The largest absolute Gasteiger partial charge is 0.207 e. The van der Waals surface area contributed by atoms with Crippen molar-refractivity contribution < 1.29 is 4.39 Å². The fraction of sp³-hybridized carbons (Fsp3) is 0.333. The standard InChI is InChI=1S/C12H11FS/c1-12(4-5-12)3-2-9-6-10(13)8-11(14)7-9/h6-8,14H,4-5H2,1H3. The van der Waals surface area contributed by atoms with Gasteiger partial charge in [0.05, 0.1) is 0 Å². The van der Waals surface area contributed by atoms with Crippen LogP contribution in [0.5, 0.6) is 0 Å². The minimum absolute atomic E-state index is 0.184. The molecule has 0 saturated heterocycles. The molecule has 0 atom stereocenters. The molecule has 0 spiro atoms. The molecule has 0 N–H and O–H groups in total. The molecule has 1 fully saturated rings. The van der Waals surface area contributed by atoms with Gasteiger partial charge in [0.2, 0.25) is 0 Å². The van der Waals surface area contributed by atoms with Crippen LogP contribution < -0.4 is 0 Å². The Morgan fingerprint density at radius 3 is 2.64 bits per heavy atom. The summed E-state index contributed by atoms with van der Waals surface area (Å²) in [4.78, 5) is 0.621. The topological polar surface area (TPSA) is 0 Å². The first-order chi connectivity index (χ1) is 6.57. The number of thiol groups is 1. The van der Waals surface area contributed by atoms with E-state index in [0.29, 0.717) is 10.5 Å². The first-order valence-electron chi connectivity index (χ1n) is 4.60. The predicted molar refractivity (Wildman–Crippen MR) is 57.9 cm³/mol. The highest BCUT2D eigenvalue weighted by Gasteiger charge is 2.35. The second kappa shape index (κ2) is 3.33. The Kier molecular flexibility index (Phi) is 2.28. The third-order valence-electron chi connectivity index (χ3n) is 2.39. The molecule has 0 unspecified atom stereocenters. The summed E-state index contributed by atoms with van der Waals surface area (Å²) in [6, 6.07) is 4.61. The van der Waals surface area contributed by atoms with Crippen molar-refractivity contribution in [3.8, 4) is 11.8 Å². The summed E-state index contributed by atoms with van der Waals surface area (Å²) in [5.74, 6) is 5.87. The maximum Gasteiger partial charge on any atom is 0.125 e. The summed E-state index contributed by atoms with van der Waals surface area (Å²) in [6.07, 6.45) is 2.31. The molecule has 2 rings (SSSR count). The molecule has 0 aliphatic heterocycles. The van der Waals surface area contributed by atoms with Crippen molar-refractivity contribution in [3.05, 3.63) is 29.6 Å². The van der Waals surface area contributed by atoms with E-state index in [1.807, 2.05) is 0 Å². The molecular weight excluding hydrogens is 195 g/mol. The zero-order valence-corrected chi connectivity index (χ0v) is 8.87. The van der Waals surface area contributed by atoms with Crippen molar-refractivity contribution in [2.75, 3.05) is 0 Å². The van der Waals surface area contributed by atoms with E-state index in [4.69, 9.17) is 0 Å². The van der Waals surface area contributed by atoms with Crippen LogP contribution in [0.3, 0.4) is 0 Å². The Labute approximate surface area is 88.9 Å². The van der Waals surface area contributed by atoms with E-state index in [2.05, 4.69) is 31.4 Å². The number of hydrogen-bond acceptors (Lipinski definition) is 1. The third kappa shape index (κ3) is 2.30. The summed E-state index contributed by atoms with van der Waals surface area (Å²) in [6.45, 7) is 2.13. The summed E-state index contributed by atoms with van der Waals surface area (Å²) in [5.41, 5.74) is 0.895. The van der Waals surface area contributed by atoms with Gasteiger partial charge in [-0.3, -0.25) is 0 Å². The van der Waals surface area contributed by atoms with Crippen molar-refractivity contribution in [2.24, 2.45) is 5.41 Å². The molecule has 1 saturated carbocycles. The smallest absolute Gasteiger partial charge is 0.125 e. The molecule has 0 heterocycles. The Bertz CT molecular complexity index is 401. The van der Waals surface area contributed by atoms with Crippen LogP contribution in [0.4, 0.5) is 4.39 Å². The van der Waals surface area contributed by atoms with Crippen molar-refractivity contribution in [2.45, 2.75) is 24.7 Å². The van der Waals surface area contributed by atoms with Crippen LogP contribution in [-0.2, 0) is 0 Å². The highest BCUT2D eigenvalue weighted by Crippen LogP contribution is 2.44. The highest BCUT2D eigenvalue weighted by atomic mass is 32.1. The molecule has 0 nitrogen and oxygen atoms in total. The van der Waals surface area contributed by atoms with Crippen LogP contribution in [0.15, 0.2) is 23.1 Å². The van der Waals surface area contributed by atoms with Gasteiger partial charge in [-0.2, -0.15) is 0 Å². The molecule has 1 aromatic rings. The van der Waals surface area contributed by atoms with E-state index >= 15 is 0 Å². The average molecular weight is 206 g/mol. The maximum absolute atomic E-state index is 12.9. The van der Waals surface area contributed by atoms with Crippen LogP contribution in [0, 0.1) is 23.1 Å². The number of halogens is 1. The van der Waals surface area contributed by atoms with Gasteiger partial charge in [-0.1, -0.05) is 11.8 Å². The molecule has 0 bridgehead atoms. The summed E-state index contributed by atoms with van der Waals surface area (Å²) >= 11 is 4.10. The SMILES string of the molecule is CC1(C#Cc2cc(F)cc(S)c2)CC1. The highest BCUT2D eigenvalue weighted by molar-refractivity contribution is 7.80. The van der Waals surface area contributed by atoms with Crippen molar-refractivity contribution in [1.82, 2.24) is 0 Å². The van der Waals surface area contributed by atoms with Gasteiger partial charge in [0, 0.05) is 15.9 Å². The lowest BCUT2D eigenvalue weighted by molar-refractivity contribution is 0.624. The van der Waals surface area contributed by atoms with Gasteiger partial charge < -0.3 is 0 Å². The van der Waals surface area contributed by atoms with Crippen LogP contribution in [0.25, 0.3) is 0 Å². The van der Waals surface area contributed by atoms with Crippen LogP contribution in [-0.4, -0.2) is 0 Å². The maximum atomic E-state index is 12.9. The lowest BCUT2D eigenvalue weighted by Gasteiger charge is -1.96. The van der Waals surface area contributed by atoms with Crippen LogP contribution in [0.2, 0.25) is 0 Å². The molecule has 0 amide bonds. The fourth-order valence-electron chi connectivity index (χ4n) is 1.18. The Hall–Kier alpha value is -0.940. The summed E-state index contributed by atoms with van der Waals surface area (Å²) < 4.78 is 12.9. The Morgan fingerprint density at radius 2 is 2.07 bits per heavy atom. The fourth-order valence-corrected chi connectivity index (χ4v) is 1.44. The van der Waals surface area contributed by atoms with Crippen LogP contribution >= 0.6 is 12.6 Å². The first-order valence-corrected chi connectivity index (χ1v) is 5.05. The molecule has 1 aliphatic rings. The zero-order chi connectivity index (χ0) is 10.2. The molecular formula is C12H11FS. The van der Waals surface area contributed by atoms with Gasteiger partial charge in [0.1, 0.15) is 5.82 Å². The number of rotatable bonds is 0. The molecule has 2 heteroatoms. The van der Waals surface area contributed by atoms with Gasteiger partial charge in [-0.25, -0.2) is 4.39 Å². The molecule has 1 aliphatic carbocycles. The summed E-state index contributed by atoms with van der Waals surface area (Å²) in [7, 11) is 0. The van der Waals surface area contributed by atoms with Crippen molar-refractivity contribution in [1.29, 1.82) is 0 Å². The van der Waals surface area contributed by atoms with Gasteiger partial charge in [0.15, 0.2) is 0 Å². The van der Waals surface area contributed by atoms with Gasteiger partial charge in [0.25, 0.3) is 0 Å². The normalized spacial score (nSPS) is 17.1. The van der Waals surface area contributed by atoms with Gasteiger partial charge in [-0.05, 0) is 38.0 Å². The lowest BCUT2D eigenvalue weighted by atomic mass is 10.1. The number of hydrogen-bond donors (Lipinski definition) is 1. The van der Waals surface area contributed by atoms with E-state index in [0.717, 1.165) is 12.8 Å². The second-order valence-electron chi connectivity index (χ2n) is 4.01. The zero-order valence-electron chi connectivity index (χ0n) is 7.97. The first kappa shape index (κ1) is 9.61. The predicted octanol–water partition coefficient (Wildman–Crippen LogP) is 3.27. The summed E-state index contributed by atoms with van der Waals surface area (Å²) in [5, 5.41) is 0. The molecule has 72 valence electrons. The lowest BCUT2D eigenvalue weighted by Crippen LogP contribution is -1.86. The van der Waals surface area contributed by atoms with Gasteiger partial charge in [-0.15, -0.1) is 12.6 Å².